The Hall–Kier alpha value is -1.72. The van der Waals surface area contributed by atoms with Crippen molar-refractivity contribution in [1.29, 1.82) is 0 Å². The Balaban J connectivity index is 3.01. The van der Waals surface area contributed by atoms with E-state index >= 15 is 0 Å². The van der Waals surface area contributed by atoms with Crippen LogP contribution in [0, 0.1) is 5.82 Å². The molecule has 0 aliphatic heterocycles. The fraction of sp³-hybridized carbons (Fsp3) is 0.125. The third-order valence-corrected chi connectivity index (χ3v) is 1.38. The summed E-state index contributed by atoms with van der Waals surface area (Å²) in [4.78, 5) is 0. The van der Waals surface area contributed by atoms with Crippen molar-refractivity contribution in [2.24, 2.45) is 5.16 Å². The lowest BCUT2D eigenvalue weighted by Crippen LogP contribution is -2.04. The van der Waals surface area contributed by atoms with Crippen molar-refractivity contribution in [3.63, 3.8) is 0 Å². The second-order valence-corrected chi connectivity index (χ2v) is 2.31. The zero-order valence-corrected chi connectivity index (χ0v) is 6.82. The van der Waals surface area contributed by atoms with Crippen molar-refractivity contribution in [3.05, 3.63) is 29.6 Å². The topological polar surface area (TPSA) is 41.8 Å². The minimum atomic E-state index is -3.01. The first-order valence-corrected chi connectivity index (χ1v) is 3.55. The number of oxime groups is 1. The molecule has 14 heavy (non-hydrogen) atoms. The molecule has 0 amide bonds. The first-order valence-electron chi connectivity index (χ1n) is 3.55. The minimum absolute atomic E-state index is 0.0622. The highest BCUT2D eigenvalue weighted by molar-refractivity contribution is 5.83. The number of hydrogen-bond acceptors (Lipinski definition) is 3. The molecule has 0 spiro atoms. The predicted molar refractivity (Wildman–Crippen MR) is 42.4 cm³/mol. The van der Waals surface area contributed by atoms with Gasteiger partial charge in [-0.05, 0) is 18.2 Å². The molecule has 76 valence electrons. The van der Waals surface area contributed by atoms with Crippen molar-refractivity contribution in [1.82, 2.24) is 0 Å². The third-order valence-electron chi connectivity index (χ3n) is 1.38. The van der Waals surface area contributed by atoms with E-state index in [0.717, 1.165) is 24.4 Å². The van der Waals surface area contributed by atoms with Gasteiger partial charge in [0.25, 0.3) is 0 Å². The number of rotatable bonds is 3. The summed E-state index contributed by atoms with van der Waals surface area (Å²) in [6.45, 7) is -3.01. The fourth-order valence-corrected chi connectivity index (χ4v) is 0.886. The molecule has 0 heterocycles. The summed E-state index contributed by atoms with van der Waals surface area (Å²) in [7, 11) is 0. The smallest absolute Gasteiger partial charge is 0.387 e. The predicted octanol–water partition coefficient (Wildman–Crippen LogP) is 2.24. The molecule has 1 aromatic rings. The van der Waals surface area contributed by atoms with E-state index in [1.807, 2.05) is 0 Å². The molecule has 0 unspecified atom stereocenters. The Labute approximate surface area is 77.4 Å². The van der Waals surface area contributed by atoms with Gasteiger partial charge >= 0.3 is 6.61 Å². The van der Waals surface area contributed by atoms with E-state index in [1.54, 1.807) is 0 Å². The minimum Gasteiger partial charge on any atom is -0.434 e. The van der Waals surface area contributed by atoms with Crippen LogP contribution in [0.25, 0.3) is 0 Å². The van der Waals surface area contributed by atoms with E-state index in [2.05, 4.69) is 9.89 Å². The van der Waals surface area contributed by atoms with Crippen molar-refractivity contribution >= 4 is 6.21 Å². The van der Waals surface area contributed by atoms with Gasteiger partial charge < -0.3 is 9.94 Å². The van der Waals surface area contributed by atoms with Gasteiger partial charge in [-0.15, -0.1) is 0 Å². The molecule has 1 rings (SSSR count). The number of nitrogens with zero attached hydrogens (tertiary/aromatic N) is 1. The van der Waals surface area contributed by atoms with Gasteiger partial charge in [0.1, 0.15) is 11.6 Å². The average molecular weight is 205 g/mol. The summed E-state index contributed by atoms with van der Waals surface area (Å²) in [6.07, 6.45) is 0.806. The molecule has 0 atom stereocenters. The molecule has 0 fully saturated rings. The molecule has 0 aliphatic rings. The van der Waals surface area contributed by atoms with Gasteiger partial charge in [-0.1, -0.05) is 5.16 Å². The van der Waals surface area contributed by atoms with Gasteiger partial charge in [0.2, 0.25) is 0 Å². The van der Waals surface area contributed by atoms with Crippen molar-refractivity contribution in [2.45, 2.75) is 6.61 Å². The molecule has 1 aromatic carbocycles. The summed E-state index contributed by atoms with van der Waals surface area (Å²) in [5.41, 5.74) is -0.0622. The lowest BCUT2D eigenvalue weighted by atomic mass is 10.2. The summed E-state index contributed by atoms with van der Waals surface area (Å²) < 4.78 is 40.3. The zero-order chi connectivity index (χ0) is 10.6. The van der Waals surface area contributed by atoms with E-state index < -0.39 is 12.4 Å². The Morgan fingerprint density at radius 1 is 1.43 bits per heavy atom. The van der Waals surface area contributed by atoms with E-state index in [-0.39, 0.29) is 11.3 Å². The first kappa shape index (κ1) is 10.4. The molecular weight excluding hydrogens is 199 g/mol. The molecule has 0 saturated carbocycles. The summed E-state index contributed by atoms with van der Waals surface area (Å²) >= 11 is 0. The van der Waals surface area contributed by atoms with Crippen LogP contribution in [0.4, 0.5) is 13.2 Å². The highest BCUT2D eigenvalue weighted by Crippen LogP contribution is 2.19. The summed E-state index contributed by atoms with van der Waals surface area (Å²) in [5.74, 6) is -0.888. The van der Waals surface area contributed by atoms with Gasteiger partial charge in [0.15, 0.2) is 0 Å². The SMILES string of the molecule is ON=Cc1cc(F)ccc1OC(F)F. The first-order chi connectivity index (χ1) is 6.63. The van der Waals surface area contributed by atoms with Crippen LogP contribution in [0.5, 0.6) is 5.75 Å². The maximum atomic E-state index is 12.6. The third kappa shape index (κ3) is 2.65. The molecule has 0 bridgehead atoms. The molecule has 0 saturated heterocycles. The standard InChI is InChI=1S/C8H6F3NO2/c9-6-1-2-7(14-8(10)11)5(3-6)4-12-13/h1-4,8,13H. The van der Waals surface area contributed by atoms with E-state index in [9.17, 15) is 13.2 Å². The number of alkyl halides is 2. The molecule has 3 nitrogen and oxygen atoms in total. The van der Waals surface area contributed by atoms with Gasteiger partial charge in [-0.2, -0.15) is 8.78 Å². The number of hydrogen-bond donors (Lipinski definition) is 1. The Bertz CT molecular complexity index is 341. The highest BCUT2D eigenvalue weighted by Gasteiger charge is 2.09. The van der Waals surface area contributed by atoms with Crippen molar-refractivity contribution < 1.29 is 23.1 Å². The normalized spacial score (nSPS) is 11.1. The maximum Gasteiger partial charge on any atom is 0.387 e. The number of benzene rings is 1. The van der Waals surface area contributed by atoms with E-state index in [1.165, 1.54) is 0 Å². The second kappa shape index (κ2) is 4.50. The Kier molecular flexibility index (Phi) is 3.33. The van der Waals surface area contributed by atoms with Gasteiger partial charge in [0, 0.05) is 5.56 Å². The monoisotopic (exact) mass is 205 g/mol. The summed E-state index contributed by atoms with van der Waals surface area (Å²) in [5, 5.41) is 10.8. The quantitative estimate of drug-likeness (QED) is 0.467. The lowest BCUT2D eigenvalue weighted by molar-refractivity contribution is -0.0499. The van der Waals surface area contributed by atoms with Crippen LogP contribution >= 0.6 is 0 Å². The Morgan fingerprint density at radius 3 is 2.71 bits per heavy atom. The molecule has 0 aliphatic carbocycles. The molecular formula is C8H6F3NO2. The maximum absolute atomic E-state index is 12.6. The molecule has 6 heteroatoms. The van der Waals surface area contributed by atoms with Crippen molar-refractivity contribution in [2.75, 3.05) is 0 Å². The molecule has 0 radical (unpaired) electrons. The second-order valence-electron chi connectivity index (χ2n) is 2.31. The van der Waals surface area contributed by atoms with Crippen LogP contribution in [-0.2, 0) is 0 Å². The fourth-order valence-electron chi connectivity index (χ4n) is 0.886. The van der Waals surface area contributed by atoms with Gasteiger partial charge in [-0.3, -0.25) is 0 Å². The highest BCUT2D eigenvalue weighted by atomic mass is 19.3. The van der Waals surface area contributed by atoms with Gasteiger partial charge in [0.05, 0.1) is 6.21 Å². The molecule has 1 N–H and O–H groups in total. The van der Waals surface area contributed by atoms with E-state index in [0.29, 0.717) is 0 Å². The average Bonchev–Trinajstić information content (AvgIpc) is 2.09. The van der Waals surface area contributed by atoms with Crippen LogP contribution in [0.1, 0.15) is 5.56 Å². The lowest BCUT2D eigenvalue weighted by Gasteiger charge is -2.06. The van der Waals surface area contributed by atoms with Crippen molar-refractivity contribution in [3.8, 4) is 5.75 Å². The van der Waals surface area contributed by atoms with Crippen LogP contribution < -0.4 is 4.74 Å². The van der Waals surface area contributed by atoms with Crippen LogP contribution in [0.2, 0.25) is 0 Å². The molecule has 0 aromatic heterocycles. The Morgan fingerprint density at radius 2 is 2.14 bits per heavy atom. The van der Waals surface area contributed by atoms with E-state index in [4.69, 9.17) is 5.21 Å². The number of ether oxygens (including phenoxy) is 1. The van der Waals surface area contributed by atoms with Crippen LogP contribution in [-0.4, -0.2) is 18.0 Å². The number of halogens is 3. The van der Waals surface area contributed by atoms with Crippen LogP contribution in [0.3, 0.4) is 0 Å². The summed E-state index contributed by atoms with van der Waals surface area (Å²) in [6, 6.07) is 2.91. The van der Waals surface area contributed by atoms with Crippen LogP contribution in [0.15, 0.2) is 23.4 Å². The largest absolute Gasteiger partial charge is 0.434 e. The zero-order valence-electron chi connectivity index (χ0n) is 6.82. The van der Waals surface area contributed by atoms with Gasteiger partial charge in [-0.25, -0.2) is 4.39 Å².